The van der Waals surface area contributed by atoms with Crippen molar-refractivity contribution in [3.63, 3.8) is 0 Å². The molecule has 1 aliphatic heterocycles. The van der Waals surface area contributed by atoms with Crippen molar-refractivity contribution in [1.82, 2.24) is 90.4 Å². The van der Waals surface area contributed by atoms with E-state index >= 15 is 9.59 Å². The summed E-state index contributed by atoms with van der Waals surface area (Å²) >= 11 is 4.13. The summed E-state index contributed by atoms with van der Waals surface area (Å²) in [6, 6.07) is -4.70. The predicted octanol–water partition coefficient (Wildman–Crippen LogP) is -8.31. The number of ketones is 3. The molecule has 12 amide bonds. The number of carbonyl (C=O) groups excluding carboxylic acids is 15. The summed E-state index contributed by atoms with van der Waals surface area (Å²) in [5, 5.41) is 151. The lowest BCUT2D eigenvalue weighted by Crippen LogP contribution is -2.62. The van der Waals surface area contributed by atoms with Gasteiger partial charge in [0.05, 0.1) is 54.7 Å². The molecule has 17 atom stereocenters. The normalized spacial score (nSPS) is 18.7. The van der Waals surface area contributed by atoms with Crippen molar-refractivity contribution in [2.45, 2.75) is 234 Å². The van der Waals surface area contributed by atoms with Gasteiger partial charge in [-0.05, 0) is 103 Å². The first-order valence-corrected chi connectivity index (χ1v) is 44.8. The molecule has 3 aromatic carbocycles. The standard InChI is InChI=1S/C85H129N27O24S/c1-38(2)63(111-77(130)53(37-137)103-42(6)115)78(131)108-47(21-13-27-97-81(88)89)72(125)102-39(3)70(123)105-50(24-16-30-100-84(94)95)75(128)112-64(40(4)114)79(132)109-49(23-15-29-99-83(92)93)74(127)110-52(31-43-17-9-8-10-18-43)76(129)107-48(22-14-28-98-82(90)91)73(126)106-46(20-12-26-96-80(86)87)71(124)101-35-57(117)104-51-32-58(135-41(5)65(51)118)136-55-34-85(133,56(116)36-113)33-45-60(55)69(122)62-61(67(45)120)66(119)44-19-11-25-54(134-7)59(44)68(62)121/h8-11,17-19,25,38-41,46-53,55,58,63-65,113-114,118,120,122,133,137H,12-16,20-24,26-37H2,1-7H3,(H,101,124)(H,102,125)(H,103,115)(H,104,117)(H,105,123)(H,106,126)(H,107,129)(H,108,131)(H,109,132)(H,110,127)(H,111,130)(H,112,128)(H4,86,87,96)(H4,88,89,97)(H4,90,91,98)(H4,92,93,99)(H4,94,95,100)/t39-,40+,41-,46-,47-,48-,49-,50-,51+,52-,53-,55+,58-,63?,64-,65+,85+/m0/s1. The number of hydrogen-bond acceptors (Lipinski definition) is 30. The fourth-order valence-electron chi connectivity index (χ4n) is 15.4. The number of nitrogens with one attached hydrogen (secondary N) is 22. The number of phenols is 2. The monoisotopic (exact) mass is 1940 g/mol. The molecular formula is C85H129N27O24S. The van der Waals surface area contributed by atoms with Crippen LogP contribution >= 0.6 is 12.6 Å². The lowest BCUT2D eigenvalue weighted by atomic mass is 9.72. The molecule has 2 aliphatic carbocycles. The van der Waals surface area contributed by atoms with Gasteiger partial charge in [-0.25, -0.2) is 0 Å². The van der Waals surface area contributed by atoms with Crippen molar-refractivity contribution < 1.29 is 117 Å². The minimum absolute atomic E-state index is 0.00158. The highest BCUT2D eigenvalue weighted by atomic mass is 32.1. The molecule has 1 unspecified atom stereocenters. The number of amides is 12. The maximum absolute atomic E-state index is 15.1. The van der Waals surface area contributed by atoms with Gasteiger partial charge in [0, 0.05) is 87.8 Å². The van der Waals surface area contributed by atoms with Crippen molar-refractivity contribution >= 4 is 131 Å². The van der Waals surface area contributed by atoms with Crippen LogP contribution in [0.4, 0.5) is 0 Å². The zero-order valence-corrected chi connectivity index (χ0v) is 77.8. The summed E-state index contributed by atoms with van der Waals surface area (Å²) < 4.78 is 17.7. The van der Waals surface area contributed by atoms with Crippen LogP contribution in [0.15, 0.2) is 48.5 Å². The highest BCUT2D eigenvalue weighted by molar-refractivity contribution is 7.80. The van der Waals surface area contributed by atoms with E-state index < -0.39 is 287 Å². The lowest BCUT2D eigenvalue weighted by Gasteiger charge is -2.43. The number of carbonyl (C=O) groups is 15. The molecule has 0 bridgehead atoms. The van der Waals surface area contributed by atoms with Gasteiger partial charge in [-0.1, -0.05) is 56.3 Å². The minimum atomic E-state index is -2.54. The first-order chi connectivity index (χ1) is 64.6. The number of methoxy groups -OCH3 is 1. The molecule has 1 saturated heterocycles. The number of hydrogen-bond donors (Lipinski definition) is 34. The van der Waals surface area contributed by atoms with E-state index in [2.05, 4.69) is 103 Å². The number of fused-ring (bicyclic) bond motifs is 3. The number of rotatable bonds is 53. The third-order valence-electron chi connectivity index (χ3n) is 22.5. The Morgan fingerprint density at radius 3 is 1.42 bits per heavy atom. The van der Waals surface area contributed by atoms with E-state index in [4.69, 9.17) is 69.9 Å². The van der Waals surface area contributed by atoms with Crippen LogP contribution < -0.4 is 124 Å². The van der Waals surface area contributed by atoms with Gasteiger partial charge in [0.1, 0.15) is 96.0 Å². The average Bonchev–Trinajstić information content (AvgIpc) is 0.708. The second-order valence-electron chi connectivity index (χ2n) is 33.5. The average molecular weight is 1950 g/mol. The van der Waals surface area contributed by atoms with Gasteiger partial charge in [0.25, 0.3) is 0 Å². The lowest BCUT2D eigenvalue weighted by molar-refractivity contribution is -0.249. The van der Waals surface area contributed by atoms with E-state index in [0.717, 1.165) is 6.92 Å². The molecule has 6 rings (SSSR count). The van der Waals surface area contributed by atoms with Gasteiger partial charge >= 0.3 is 0 Å². The van der Waals surface area contributed by atoms with Crippen LogP contribution in [0.1, 0.15) is 173 Å². The Balaban J connectivity index is 1.23. The topological polar surface area (TPSA) is 859 Å². The van der Waals surface area contributed by atoms with Crippen LogP contribution in [0, 0.1) is 33.0 Å². The molecule has 0 radical (unpaired) electrons. The number of benzene rings is 3. The van der Waals surface area contributed by atoms with Crippen LogP contribution in [-0.2, 0) is 84.6 Å². The molecule has 38 N–H and O–H groups in total. The minimum Gasteiger partial charge on any atom is -0.507 e. The van der Waals surface area contributed by atoms with E-state index in [0.29, 0.717) is 5.56 Å². The number of guanidine groups is 5. The quantitative estimate of drug-likeness (QED) is 0.00642. The molecule has 754 valence electrons. The van der Waals surface area contributed by atoms with Gasteiger partial charge in [0.15, 0.2) is 47.7 Å². The van der Waals surface area contributed by atoms with E-state index in [1.807, 2.05) is 0 Å². The summed E-state index contributed by atoms with van der Waals surface area (Å²) in [4.78, 5) is 212. The Labute approximate surface area is 793 Å². The molecule has 51 nitrogen and oxygen atoms in total. The molecule has 1 fully saturated rings. The zero-order chi connectivity index (χ0) is 102. The number of phenolic OH excluding ortho intramolecular Hbond substituents is 2. The Kier molecular flexibility index (Phi) is 43.7. The van der Waals surface area contributed by atoms with Crippen molar-refractivity contribution in [1.29, 1.82) is 27.0 Å². The smallest absolute Gasteiger partial charge is 0.245 e. The Bertz CT molecular complexity index is 4900. The van der Waals surface area contributed by atoms with Crippen LogP contribution in [-0.4, -0.2) is 304 Å². The second-order valence-corrected chi connectivity index (χ2v) is 33.8. The number of aromatic hydroxyl groups is 2. The maximum atomic E-state index is 15.1. The highest BCUT2D eigenvalue weighted by Crippen LogP contribution is 2.53. The van der Waals surface area contributed by atoms with E-state index in [1.54, 1.807) is 44.2 Å². The zero-order valence-electron chi connectivity index (χ0n) is 76.9. The third kappa shape index (κ3) is 33.3. The van der Waals surface area contributed by atoms with Crippen LogP contribution in [0.2, 0.25) is 0 Å². The molecule has 137 heavy (non-hydrogen) atoms. The molecule has 3 aliphatic rings. The highest BCUT2D eigenvalue weighted by Gasteiger charge is 2.51. The first-order valence-electron chi connectivity index (χ1n) is 44.2. The molecule has 52 heteroatoms. The number of ether oxygens (including phenoxy) is 3. The molecular weight excluding hydrogens is 1820 g/mol. The molecule has 1 heterocycles. The van der Waals surface area contributed by atoms with Crippen molar-refractivity contribution in [3.05, 3.63) is 87.5 Å². The van der Waals surface area contributed by atoms with Crippen molar-refractivity contribution in [2.75, 3.05) is 58.7 Å². The van der Waals surface area contributed by atoms with E-state index in [-0.39, 0.29) is 132 Å². The molecule has 3 aromatic rings. The summed E-state index contributed by atoms with van der Waals surface area (Å²) in [5.41, 5.74) is 23.1. The van der Waals surface area contributed by atoms with Crippen LogP contribution in [0.5, 0.6) is 17.2 Å². The summed E-state index contributed by atoms with van der Waals surface area (Å²) in [6.07, 6.45) is -11.4. The fraction of sp³-hybridized carbons (Fsp3) is 0.553. The van der Waals surface area contributed by atoms with Gasteiger partial charge < -0.3 is 164 Å². The van der Waals surface area contributed by atoms with Gasteiger partial charge in [0.2, 0.25) is 76.7 Å². The number of nitrogens with two attached hydrogens (primary N) is 5. The molecule has 0 spiro atoms. The summed E-state index contributed by atoms with van der Waals surface area (Å²) in [5.74, 6) is -19.4. The van der Waals surface area contributed by atoms with Crippen molar-refractivity contribution in [2.24, 2.45) is 34.6 Å². The first kappa shape index (κ1) is 112. The number of aliphatic hydroxyl groups is 4. The van der Waals surface area contributed by atoms with Crippen LogP contribution in [0.3, 0.4) is 0 Å². The Morgan fingerprint density at radius 1 is 0.533 bits per heavy atom. The summed E-state index contributed by atoms with van der Waals surface area (Å²) in [6.45, 7) is 5.81. The number of Topliss-reactive ketones (excluding diaryl/α,β-unsaturated/α-hetero) is 1. The molecule has 0 aromatic heterocycles. The Hall–Kier alpha value is -13.8. The fourth-order valence-corrected chi connectivity index (χ4v) is 15.6. The van der Waals surface area contributed by atoms with E-state index in [1.165, 1.54) is 46.1 Å². The third-order valence-corrected chi connectivity index (χ3v) is 22.8. The largest absolute Gasteiger partial charge is 0.507 e. The van der Waals surface area contributed by atoms with E-state index in [9.17, 15) is 93.0 Å². The van der Waals surface area contributed by atoms with Crippen molar-refractivity contribution in [3.8, 4) is 17.2 Å². The van der Waals surface area contributed by atoms with Gasteiger partial charge in [-0.2, -0.15) is 12.6 Å². The molecule has 0 saturated carbocycles. The number of thiol groups is 1. The van der Waals surface area contributed by atoms with Gasteiger partial charge in [-0.15, -0.1) is 0 Å². The Morgan fingerprint density at radius 2 is 0.964 bits per heavy atom. The number of aliphatic hydroxyl groups excluding tert-OH is 3. The van der Waals surface area contributed by atoms with Crippen LogP contribution in [0.25, 0.3) is 0 Å². The maximum Gasteiger partial charge on any atom is 0.245 e. The second kappa shape index (κ2) is 53.5. The van der Waals surface area contributed by atoms with Gasteiger partial charge in [-0.3, -0.25) is 99.0 Å². The predicted molar refractivity (Wildman–Crippen MR) is 496 cm³/mol. The SMILES string of the molecule is COc1cccc2c1C(=O)c1c(O)c3c(c(O)c1C2=O)C[C@](O)(C(=O)CO)C[C@H]3O[C@H]1C[C@@H](NC(=O)CNC(=O)[C@H](CCCNC(=N)N)NC(=O)[C@H](CCCNC(=N)N)NC(=O)[C@H](Cc2ccccc2)NC(=O)[C@H](CCCNC(=N)N)NC(=O)[C@@H](NC(=O)[C@H](CCCNC(=N)N)NC(=O)[C@H](C)NC(=O)[C@H](CCCNC(=N)N)NC(=O)C(NC(=O)[C@H](CS)NC(C)=O)C(C)C)[C@@H](C)O)[C@H](O)[C@H](C)O1. The summed E-state index contributed by atoms with van der Waals surface area (Å²) in [7, 11) is 1.24.